The molecule has 0 unspecified atom stereocenters. The molecule has 1 fully saturated rings. The van der Waals surface area contributed by atoms with E-state index in [2.05, 4.69) is 17.4 Å². The molecule has 0 spiro atoms. The van der Waals surface area contributed by atoms with Crippen LogP contribution in [0.15, 0.2) is 55.1 Å². The number of halogens is 1. The van der Waals surface area contributed by atoms with Crippen LogP contribution in [0.25, 0.3) is 0 Å². The van der Waals surface area contributed by atoms with E-state index in [-0.39, 0.29) is 17.8 Å². The Bertz CT molecular complexity index is 890. The largest absolute Gasteiger partial charge is 0.508 e. The van der Waals surface area contributed by atoms with Gasteiger partial charge in [0.15, 0.2) is 0 Å². The van der Waals surface area contributed by atoms with Crippen LogP contribution in [0, 0.1) is 0 Å². The minimum atomic E-state index is -0.403. The van der Waals surface area contributed by atoms with Crippen LogP contribution < -0.4 is 20.5 Å². The summed E-state index contributed by atoms with van der Waals surface area (Å²) in [7, 11) is 1.57. The van der Waals surface area contributed by atoms with Crippen molar-refractivity contribution in [2.75, 3.05) is 25.1 Å². The molecule has 0 saturated carbocycles. The number of rotatable bonds is 8. The lowest BCUT2D eigenvalue weighted by Crippen LogP contribution is -2.67. The van der Waals surface area contributed by atoms with E-state index in [0.717, 1.165) is 11.3 Å². The first-order chi connectivity index (χ1) is 14.4. The van der Waals surface area contributed by atoms with Crippen LogP contribution in [-0.4, -0.2) is 48.3 Å². The van der Waals surface area contributed by atoms with Gasteiger partial charge in [-0.25, -0.2) is 5.43 Å². The van der Waals surface area contributed by atoms with Crippen LogP contribution in [0.2, 0.25) is 5.02 Å². The number of hydrogen-bond donors (Lipinski definition) is 3. The number of phenols is 1. The lowest BCUT2D eigenvalue weighted by Gasteiger charge is -2.46. The van der Waals surface area contributed by atoms with E-state index in [1.54, 1.807) is 43.5 Å². The summed E-state index contributed by atoms with van der Waals surface area (Å²) < 4.78 is 5.21. The molecule has 1 amide bonds. The lowest BCUT2D eigenvalue weighted by molar-refractivity contribution is -0.136. The highest BCUT2D eigenvalue weighted by molar-refractivity contribution is 6.32. The molecule has 2 aromatic rings. The summed E-state index contributed by atoms with van der Waals surface area (Å²) in [5.41, 5.74) is 8.18. The molecule has 0 aromatic heterocycles. The van der Waals surface area contributed by atoms with Gasteiger partial charge in [-0.2, -0.15) is 0 Å². The zero-order chi connectivity index (χ0) is 21.7. The number of nitrogens with one attached hydrogen (secondary N) is 2. The second kappa shape index (κ2) is 9.84. The van der Waals surface area contributed by atoms with Gasteiger partial charge in [0.1, 0.15) is 23.7 Å². The molecular weight excluding hydrogens is 404 g/mol. The summed E-state index contributed by atoms with van der Waals surface area (Å²) in [6.45, 7) is 7.08. The van der Waals surface area contributed by atoms with Gasteiger partial charge >= 0.3 is 0 Å². The van der Waals surface area contributed by atoms with Crippen LogP contribution in [0.5, 0.6) is 11.5 Å². The molecule has 0 bridgehead atoms. The Morgan fingerprint density at radius 3 is 2.67 bits per heavy atom. The van der Waals surface area contributed by atoms with E-state index < -0.39 is 6.04 Å². The van der Waals surface area contributed by atoms with Crippen LogP contribution in [0.1, 0.15) is 12.5 Å². The fraction of sp³-hybridized carbons (Fsp3) is 0.318. The molecule has 1 heterocycles. The molecule has 1 aliphatic heterocycles. The second-order valence-corrected chi connectivity index (χ2v) is 7.52. The van der Waals surface area contributed by atoms with Crippen molar-refractivity contribution in [3.8, 4) is 11.5 Å². The monoisotopic (exact) mass is 430 g/mol. The smallest absolute Gasteiger partial charge is 0.245 e. The summed E-state index contributed by atoms with van der Waals surface area (Å²) in [5.74, 6) is 0.796. The molecule has 2 aromatic carbocycles. The predicted octanol–water partition coefficient (Wildman–Crippen LogP) is 2.90. The summed E-state index contributed by atoms with van der Waals surface area (Å²) >= 11 is 6.25. The zero-order valence-electron chi connectivity index (χ0n) is 17.1. The number of methoxy groups -OCH3 is 1. The maximum atomic E-state index is 13.2. The average Bonchev–Trinajstić information content (AvgIpc) is 2.73. The number of carbonyl (C=O) groups excluding carboxylic acids is 1. The van der Waals surface area contributed by atoms with Gasteiger partial charge in [0.2, 0.25) is 5.91 Å². The van der Waals surface area contributed by atoms with Gasteiger partial charge < -0.3 is 19.6 Å². The first kappa shape index (κ1) is 22.0. The Hall–Kier alpha value is -2.74. The van der Waals surface area contributed by atoms with Gasteiger partial charge in [-0.05, 0) is 48.9 Å². The van der Waals surface area contributed by atoms with Gasteiger partial charge in [-0.3, -0.25) is 10.2 Å². The topological polar surface area (TPSA) is 77.1 Å². The molecule has 30 heavy (non-hydrogen) atoms. The highest BCUT2D eigenvalue weighted by Gasteiger charge is 2.38. The number of anilines is 1. The number of carbonyl (C=O) groups is 1. The van der Waals surface area contributed by atoms with Crippen molar-refractivity contribution in [1.82, 2.24) is 15.8 Å². The highest BCUT2D eigenvalue weighted by Crippen LogP contribution is 2.29. The Morgan fingerprint density at radius 2 is 2.03 bits per heavy atom. The number of piperazine rings is 1. The van der Waals surface area contributed by atoms with Crippen LogP contribution >= 0.6 is 11.6 Å². The SMILES string of the molecule is C=CCNN[C@H]1CN(Cc2ccc(OC)c(Cl)c2)C(=O)[C@H](C)N1c1ccc(O)cc1. The minimum absolute atomic E-state index is 0.0109. The number of ether oxygens (including phenoxy) is 1. The van der Waals surface area contributed by atoms with Crippen molar-refractivity contribution < 1.29 is 14.6 Å². The third kappa shape index (κ3) is 4.87. The molecule has 8 heteroatoms. The number of hydrogen-bond acceptors (Lipinski definition) is 6. The molecule has 160 valence electrons. The molecular formula is C22H27ClN4O3. The fourth-order valence-corrected chi connectivity index (χ4v) is 3.88. The molecule has 0 aliphatic carbocycles. The minimum Gasteiger partial charge on any atom is -0.508 e. The summed E-state index contributed by atoms with van der Waals surface area (Å²) in [6, 6.07) is 12.0. The molecule has 3 rings (SSSR count). The standard InChI is InChI=1S/C22H27ClN4O3/c1-4-11-24-25-21-14-26(13-16-5-10-20(30-3)19(23)12-16)22(29)15(2)27(21)17-6-8-18(28)9-7-17/h4-10,12,15,21,24-25,28H,1,11,13-14H2,2-3H3/t15-,21+/m0/s1. The van der Waals surface area contributed by atoms with Crippen LogP contribution in [-0.2, 0) is 11.3 Å². The lowest BCUT2D eigenvalue weighted by atomic mass is 10.1. The van der Waals surface area contributed by atoms with E-state index in [4.69, 9.17) is 16.3 Å². The number of phenolic OH excluding ortho intramolecular Hbond substituents is 1. The molecule has 7 nitrogen and oxygen atoms in total. The molecule has 0 radical (unpaired) electrons. The van der Waals surface area contributed by atoms with Crippen molar-refractivity contribution in [2.24, 2.45) is 0 Å². The molecule has 2 atom stereocenters. The number of aromatic hydroxyl groups is 1. The highest BCUT2D eigenvalue weighted by atomic mass is 35.5. The van der Waals surface area contributed by atoms with Crippen molar-refractivity contribution in [3.63, 3.8) is 0 Å². The molecule has 1 saturated heterocycles. The van der Waals surface area contributed by atoms with E-state index in [9.17, 15) is 9.90 Å². The molecule has 1 aliphatic rings. The predicted molar refractivity (Wildman–Crippen MR) is 119 cm³/mol. The van der Waals surface area contributed by atoms with E-state index in [0.29, 0.717) is 30.4 Å². The van der Waals surface area contributed by atoms with Gasteiger partial charge in [-0.15, -0.1) is 6.58 Å². The maximum Gasteiger partial charge on any atom is 0.245 e. The number of amides is 1. The Morgan fingerprint density at radius 1 is 1.30 bits per heavy atom. The first-order valence-electron chi connectivity index (χ1n) is 9.72. The van der Waals surface area contributed by atoms with Crippen LogP contribution in [0.3, 0.4) is 0 Å². The number of nitrogens with zero attached hydrogens (tertiary/aromatic N) is 2. The van der Waals surface area contributed by atoms with Gasteiger partial charge in [0.05, 0.1) is 18.7 Å². The Kier molecular flexibility index (Phi) is 7.20. The van der Waals surface area contributed by atoms with Crippen molar-refractivity contribution in [1.29, 1.82) is 0 Å². The number of hydrazine groups is 1. The van der Waals surface area contributed by atoms with Gasteiger partial charge in [-0.1, -0.05) is 23.7 Å². The molecule has 3 N–H and O–H groups in total. The Labute approximate surface area is 181 Å². The summed E-state index contributed by atoms with van der Waals surface area (Å²) in [5, 5.41) is 10.1. The van der Waals surface area contributed by atoms with Gasteiger partial charge in [0, 0.05) is 18.8 Å². The van der Waals surface area contributed by atoms with Crippen molar-refractivity contribution >= 4 is 23.2 Å². The summed E-state index contributed by atoms with van der Waals surface area (Å²) in [6.07, 6.45) is 1.57. The van der Waals surface area contributed by atoms with Crippen molar-refractivity contribution in [3.05, 3.63) is 65.7 Å². The van der Waals surface area contributed by atoms with E-state index >= 15 is 0 Å². The van der Waals surface area contributed by atoms with E-state index in [1.165, 1.54) is 0 Å². The maximum absolute atomic E-state index is 13.2. The van der Waals surface area contributed by atoms with Crippen LogP contribution in [0.4, 0.5) is 5.69 Å². The first-order valence-corrected chi connectivity index (χ1v) is 10.1. The average molecular weight is 431 g/mol. The van der Waals surface area contributed by atoms with Crippen molar-refractivity contribution in [2.45, 2.75) is 25.7 Å². The quantitative estimate of drug-likeness (QED) is 0.339. The summed E-state index contributed by atoms with van der Waals surface area (Å²) in [4.78, 5) is 17.0. The normalized spacial score (nSPS) is 19.1. The zero-order valence-corrected chi connectivity index (χ0v) is 17.9. The second-order valence-electron chi connectivity index (χ2n) is 7.12. The third-order valence-corrected chi connectivity index (χ3v) is 5.36. The van der Waals surface area contributed by atoms with E-state index in [1.807, 2.05) is 28.9 Å². The third-order valence-electron chi connectivity index (χ3n) is 5.07. The Balaban J connectivity index is 1.83. The number of benzene rings is 2. The van der Waals surface area contributed by atoms with Gasteiger partial charge in [0.25, 0.3) is 0 Å². The fourth-order valence-electron chi connectivity index (χ4n) is 3.60.